The maximum Gasteiger partial charge on any atom is 0.220 e. The zero-order valence-electron chi connectivity index (χ0n) is 10.5. The van der Waals surface area contributed by atoms with Crippen molar-refractivity contribution in [2.24, 2.45) is 0 Å². The third-order valence-corrected chi connectivity index (χ3v) is 3.13. The van der Waals surface area contributed by atoms with E-state index in [1.807, 2.05) is 36.7 Å². The zero-order chi connectivity index (χ0) is 13.1. The summed E-state index contributed by atoms with van der Waals surface area (Å²) in [6, 6.07) is 2.03. The summed E-state index contributed by atoms with van der Waals surface area (Å²) in [4.78, 5) is 15.9. The monoisotopic (exact) mass is 309 g/mol. The van der Waals surface area contributed by atoms with Crippen molar-refractivity contribution in [1.82, 2.24) is 14.7 Å². The molecule has 0 aliphatic heterocycles. The smallest absolute Gasteiger partial charge is 0.220 e. The van der Waals surface area contributed by atoms with Crippen LogP contribution < -0.4 is 5.32 Å². The third-order valence-electron chi connectivity index (χ3n) is 2.70. The molecule has 0 bridgehead atoms. The van der Waals surface area contributed by atoms with E-state index >= 15 is 0 Å². The van der Waals surface area contributed by atoms with Gasteiger partial charge in [-0.25, -0.2) is 4.98 Å². The van der Waals surface area contributed by atoms with Crippen LogP contribution in [0.3, 0.4) is 0 Å². The Labute approximate surface area is 115 Å². The first kappa shape index (κ1) is 13.1. The molecule has 0 saturated carbocycles. The largest absolute Gasteiger partial charge is 0.350 e. The molecular weight excluding hydrogens is 294 g/mol. The molecule has 1 N–H and O–H groups in total. The minimum atomic E-state index is 0.0764. The molecule has 0 radical (unpaired) electrons. The fraction of sp³-hybridized carbons (Fsp3) is 0.385. The van der Waals surface area contributed by atoms with Crippen LogP contribution in [0, 0.1) is 6.92 Å². The van der Waals surface area contributed by atoms with Crippen molar-refractivity contribution in [2.45, 2.75) is 33.2 Å². The number of carbonyl (C=O) groups excluding carboxylic acids is 1. The summed E-state index contributed by atoms with van der Waals surface area (Å²) in [5, 5.41) is 2.87. The molecule has 0 saturated heterocycles. The fourth-order valence-corrected chi connectivity index (χ4v) is 2.43. The van der Waals surface area contributed by atoms with E-state index in [-0.39, 0.29) is 5.91 Å². The molecule has 1 amide bonds. The summed E-state index contributed by atoms with van der Waals surface area (Å²) in [6.07, 6.45) is 5.34. The molecule has 96 valence electrons. The van der Waals surface area contributed by atoms with Gasteiger partial charge >= 0.3 is 0 Å². The summed E-state index contributed by atoms with van der Waals surface area (Å²) < 4.78 is 2.99. The summed E-state index contributed by atoms with van der Waals surface area (Å²) in [5.41, 5.74) is 2.91. The average Bonchev–Trinajstić information content (AvgIpc) is 2.70. The Hall–Kier alpha value is -1.36. The number of pyridine rings is 1. The van der Waals surface area contributed by atoms with Crippen LogP contribution in [0.4, 0.5) is 0 Å². The van der Waals surface area contributed by atoms with Gasteiger partial charge in [0.25, 0.3) is 0 Å². The molecule has 2 heterocycles. The molecule has 2 aromatic heterocycles. The SMILES string of the molecule is CCCC(=O)NCc1cn2cc(Br)cc(C)c2n1. The van der Waals surface area contributed by atoms with Crippen LogP contribution in [0.15, 0.2) is 22.9 Å². The van der Waals surface area contributed by atoms with Crippen molar-refractivity contribution in [3.8, 4) is 0 Å². The summed E-state index contributed by atoms with van der Waals surface area (Å²) in [7, 11) is 0. The number of carbonyl (C=O) groups is 1. The van der Waals surface area contributed by atoms with Gasteiger partial charge in [0.1, 0.15) is 5.65 Å². The molecule has 0 atom stereocenters. The van der Waals surface area contributed by atoms with Gasteiger partial charge in [0.15, 0.2) is 0 Å². The van der Waals surface area contributed by atoms with Crippen molar-refractivity contribution in [3.63, 3.8) is 0 Å². The minimum absolute atomic E-state index is 0.0764. The van der Waals surface area contributed by atoms with Gasteiger partial charge in [-0.2, -0.15) is 0 Å². The molecule has 0 unspecified atom stereocenters. The Balaban J connectivity index is 2.15. The number of hydrogen-bond donors (Lipinski definition) is 1. The highest BCUT2D eigenvalue weighted by Crippen LogP contribution is 2.17. The van der Waals surface area contributed by atoms with Crippen molar-refractivity contribution in [1.29, 1.82) is 0 Å². The summed E-state index contributed by atoms with van der Waals surface area (Å²) >= 11 is 3.46. The quantitative estimate of drug-likeness (QED) is 0.944. The molecule has 0 aromatic carbocycles. The Morgan fingerprint density at radius 3 is 3.00 bits per heavy atom. The first-order valence-electron chi connectivity index (χ1n) is 6.00. The van der Waals surface area contributed by atoms with Gasteiger partial charge in [-0.05, 0) is 40.9 Å². The predicted molar refractivity (Wildman–Crippen MR) is 74.4 cm³/mol. The van der Waals surface area contributed by atoms with Crippen LogP contribution in [-0.2, 0) is 11.3 Å². The Morgan fingerprint density at radius 2 is 2.28 bits per heavy atom. The highest BCUT2D eigenvalue weighted by atomic mass is 79.9. The Bertz CT molecular complexity index is 577. The normalized spacial score (nSPS) is 10.8. The van der Waals surface area contributed by atoms with Crippen LogP contribution >= 0.6 is 15.9 Å². The second-order valence-corrected chi connectivity index (χ2v) is 5.25. The summed E-state index contributed by atoms with van der Waals surface area (Å²) in [6.45, 7) is 4.50. The summed E-state index contributed by atoms with van der Waals surface area (Å²) in [5.74, 6) is 0.0764. The number of aryl methyl sites for hydroxylation is 1. The third kappa shape index (κ3) is 2.90. The van der Waals surface area contributed by atoms with E-state index in [1.54, 1.807) is 0 Å². The van der Waals surface area contributed by atoms with E-state index in [9.17, 15) is 4.79 Å². The van der Waals surface area contributed by atoms with Gasteiger partial charge in [-0.15, -0.1) is 0 Å². The molecule has 4 nitrogen and oxygen atoms in total. The Kier molecular flexibility index (Phi) is 4.01. The maximum absolute atomic E-state index is 11.4. The van der Waals surface area contributed by atoms with E-state index in [4.69, 9.17) is 0 Å². The molecule has 0 aliphatic carbocycles. The number of fused-ring (bicyclic) bond motifs is 1. The van der Waals surface area contributed by atoms with E-state index in [0.29, 0.717) is 13.0 Å². The molecule has 0 spiro atoms. The van der Waals surface area contributed by atoms with Crippen LogP contribution in [0.25, 0.3) is 5.65 Å². The first-order valence-corrected chi connectivity index (χ1v) is 6.80. The highest BCUT2D eigenvalue weighted by molar-refractivity contribution is 9.10. The number of imidazole rings is 1. The number of aromatic nitrogens is 2. The van der Waals surface area contributed by atoms with E-state index in [1.165, 1.54) is 0 Å². The highest BCUT2D eigenvalue weighted by Gasteiger charge is 2.06. The molecule has 5 heteroatoms. The number of rotatable bonds is 4. The zero-order valence-corrected chi connectivity index (χ0v) is 12.1. The first-order chi connectivity index (χ1) is 8.60. The van der Waals surface area contributed by atoms with Gasteiger partial charge in [-0.1, -0.05) is 6.92 Å². The van der Waals surface area contributed by atoms with E-state index in [2.05, 4.69) is 26.2 Å². The topological polar surface area (TPSA) is 46.4 Å². The lowest BCUT2D eigenvalue weighted by molar-refractivity contribution is -0.121. The lowest BCUT2D eigenvalue weighted by atomic mass is 10.3. The molecule has 2 aromatic rings. The second kappa shape index (κ2) is 5.52. The van der Waals surface area contributed by atoms with Crippen molar-refractivity contribution in [3.05, 3.63) is 34.2 Å². The number of nitrogens with one attached hydrogen (secondary N) is 1. The van der Waals surface area contributed by atoms with Gasteiger partial charge < -0.3 is 9.72 Å². The molecule has 18 heavy (non-hydrogen) atoms. The van der Waals surface area contributed by atoms with Crippen LogP contribution in [0.2, 0.25) is 0 Å². The minimum Gasteiger partial charge on any atom is -0.350 e. The number of halogens is 1. The van der Waals surface area contributed by atoms with Crippen molar-refractivity contribution < 1.29 is 4.79 Å². The average molecular weight is 310 g/mol. The molecular formula is C13H16BrN3O. The van der Waals surface area contributed by atoms with Gasteiger partial charge in [0.2, 0.25) is 5.91 Å². The van der Waals surface area contributed by atoms with Crippen molar-refractivity contribution in [2.75, 3.05) is 0 Å². The number of amides is 1. The van der Waals surface area contributed by atoms with Crippen LogP contribution in [0.1, 0.15) is 31.0 Å². The second-order valence-electron chi connectivity index (χ2n) is 4.33. The fourth-order valence-electron chi connectivity index (χ4n) is 1.87. The number of nitrogens with zero attached hydrogens (tertiary/aromatic N) is 2. The van der Waals surface area contributed by atoms with E-state index in [0.717, 1.165) is 27.8 Å². The van der Waals surface area contributed by atoms with Crippen LogP contribution in [0.5, 0.6) is 0 Å². The number of hydrogen-bond acceptors (Lipinski definition) is 2. The molecule has 0 aliphatic rings. The molecule has 2 rings (SSSR count). The standard InChI is InChI=1S/C13H16BrN3O/c1-3-4-12(18)15-6-11-8-17-7-10(14)5-9(2)13(17)16-11/h5,7-8H,3-4,6H2,1-2H3,(H,15,18). The van der Waals surface area contributed by atoms with Crippen molar-refractivity contribution >= 4 is 27.5 Å². The lowest BCUT2D eigenvalue weighted by Gasteiger charge is -2.00. The van der Waals surface area contributed by atoms with E-state index < -0.39 is 0 Å². The van der Waals surface area contributed by atoms with Gasteiger partial charge in [0, 0.05) is 23.3 Å². The maximum atomic E-state index is 11.4. The lowest BCUT2D eigenvalue weighted by Crippen LogP contribution is -2.22. The van der Waals surface area contributed by atoms with Gasteiger partial charge in [0.05, 0.1) is 12.2 Å². The van der Waals surface area contributed by atoms with Crippen LogP contribution in [-0.4, -0.2) is 15.3 Å². The Morgan fingerprint density at radius 1 is 1.50 bits per heavy atom. The predicted octanol–water partition coefficient (Wildman–Crippen LogP) is 2.82. The molecule has 0 fully saturated rings. The van der Waals surface area contributed by atoms with Gasteiger partial charge in [-0.3, -0.25) is 4.79 Å².